The molecule has 1 aromatic heterocycles. The van der Waals surface area contributed by atoms with Crippen LogP contribution in [-0.4, -0.2) is 48.4 Å². The molecule has 3 aromatic rings. The smallest absolute Gasteiger partial charge is 0.333 e. The summed E-state index contributed by atoms with van der Waals surface area (Å²) in [6.45, 7) is 5.65. The van der Waals surface area contributed by atoms with Crippen molar-refractivity contribution in [2.75, 3.05) is 30.4 Å². The number of hydrogen-bond acceptors (Lipinski definition) is 8. The molecule has 0 atom stereocenters. The largest absolute Gasteiger partial charge is 0.460 e. The van der Waals surface area contributed by atoms with E-state index in [2.05, 4.69) is 27.5 Å². The number of aromatic nitrogens is 2. The van der Waals surface area contributed by atoms with Crippen LogP contribution in [0.3, 0.4) is 0 Å². The van der Waals surface area contributed by atoms with E-state index >= 15 is 0 Å². The second kappa shape index (κ2) is 9.53. The topological polar surface area (TPSA) is 127 Å². The molecular formula is C21H21N5O5. The molecule has 0 bridgehead atoms. The average molecular weight is 423 g/mol. The predicted octanol–water partition coefficient (Wildman–Crippen LogP) is 2.74. The van der Waals surface area contributed by atoms with Gasteiger partial charge < -0.3 is 15.0 Å². The summed E-state index contributed by atoms with van der Waals surface area (Å²) in [7, 11) is 1.79. The number of rotatable bonds is 7. The first-order chi connectivity index (χ1) is 14.9. The minimum Gasteiger partial charge on any atom is -0.460 e. The maximum atomic E-state index is 12.3. The molecule has 2 N–H and O–H groups in total. The van der Waals surface area contributed by atoms with Gasteiger partial charge in [-0.1, -0.05) is 24.8 Å². The van der Waals surface area contributed by atoms with Crippen LogP contribution >= 0.6 is 0 Å². The summed E-state index contributed by atoms with van der Waals surface area (Å²) >= 11 is 0. The van der Waals surface area contributed by atoms with Crippen molar-refractivity contribution in [1.29, 1.82) is 0 Å². The second-order valence-electron chi connectivity index (χ2n) is 6.71. The van der Waals surface area contributed by atoms with E-state index in [0.29, 0.717) is 40.1 Å². The standard InChI is InChI=1S/C21H21N5O5/c1-13(2)20(28)30-12-11-26(3)16-10-9-15(17-18(16)25-31-24-17)22-21(29)23-19(27)14-7-5-4-6-8-14/h4-10H,1,11-12H2,2-3H3,(H2,22,23,27,29). The van der Waals surface area contributed by atoms with Crippen LogP contribution in [0.15, 0.2) is 59.2 Å². The number of urea groups is 1. The SMILES string of the molecule is C=C(C)C(=O)OCCN(C)c1ccc(NC(=O)NC(=O)c2ccccc2)c2nonc12. The Balaban J connectivity index is 1.67. The minimum atomic E-state index is -0.717. The molecule has 0 saturated carbocycles. The molecule has 0 saturated heterocycles. The van der Waals surface area contributed by atoms with Crippen LogP contribution in [0.4, 0.5) is 16.2 Å². The third-order valence-corrected chi connectivity index (χ3v) is 4.32. The second-order valence-corrected chi connectivity index (χ2v) is 6.71. The van der Waals surface area contributed by atoms with Crippen molar-refractivity contribution < 1.29 is 23.7 Å². The predicted molar refractivity (Wildman–Crippen MR) is 114 cm³/mol. The Labute approximate surface area is 177 Å². The highest BCUT2D eigenvalue weighted by atomic mass is 16.6. The van der Waals surface area contributed by atoms with Crippen LogP contribution in [0.25, 0.3) is 11.0 Å². The number of ether oxygens (including phenoxy) is 1. The number of amides is 3. The van der Waals surface area contributed by atoms with Crippen molar-refractivity contribution in [1.82, 2.24) is 15.6 Å². The van der Waals surface area contributed by atoms with Crippen LogP contribution in [0.1, 0.15) is 17.3 Å². The maximum Gasteiger partial charge on any atom is 0.333 e. The molecule has 31 heavy (non-hydrogen) atoms. The van der Waals surface area contributed by atoms with Gasteiger partial charge in [-0.15, -0.1) is 0 Å². The van der Waals surface area contributed by atoms with E-state index < -0.39 is 17.9 Å². The van der Waals surface area contributed by atoms with Crippen LogP contribution in [0.2, 0.25) is 0 Å². The molecule has 0 aliphatic rings. The lowest BCUT2D eigenvalue weighted by molar-refractivity contribution is -0.138. The Morgan fingerprint density at radius 1 is 1.10 bits per heavy atom. The lowest BCUT2D eigenvalue weighted by Gasteiger charge is -2.19. The summed E-state index contributed by atoms with van der Waals surface area (Å²) < 4.78 is 9.94. The highest BCUT2D eigenvalue weighted by molar-refractivity contribution is 6.10. The van der Waals surface area contributed by atoms with E-state index in [1.165, 1.54) is 0 Å². The summed E-state index contributed by atoms with van der Waals surface area (Å²) in [5.74, 6) is -0.995. The Hall–Kier alpha value is -4.21. The minimum absolute atomic E-state index is 0.152. The van der Waals surface area contributed by atoms with Gasteiger partial charge in [0, 0.05) is 18.2 Å². The summed E-state index contributed by atoms with van der Waals surface area (Å²) in [6.07, 6.45) is 0. The van der Waals surface area contributed by atoms with Gasteiger partial charge in [0.15, 0.2) is 11.0 Å². The van der Waals surface area contributed by atoms with Crippen LogP contribution < -0.4 is 15.5 Å². The van der Waals surface area contributed by atoms with Gasteiger partial charge >= 0.3 is 12.0 Å². The number of fused-ring (bicyclic) bond motifs is 1. The Bertz CT molecular complexity index is 1130. The summed E-state index contributed by atoms with van der Waals surface area (Å²) in [5, 5.41) is 12.6. The molecule has 160 valence electrons. The molecule has 1 heterocycles. The normalized spacial score (nSPS) is 10.4. The van der Waals surface area contributed by atoms with Crippen molar-refractivity contribution in [3.8, 4) is 0 Å². The number of benzene rings is 2. The number of likely N-dealkylation sites (N-methyl/N-ethyl adjacent to an activating group) is 1. The van der Waals surface area contributed by atoms with Gasteiger partial charge in [0.25, 0.3) is 5.91 Å². The Kier molecular flexibility index (Phi) is 6.61. The lowest BCUT2D eigenvalue weighted by atomic mass is 10.2. The first-order valence-electron chi connectivity index (χ1n) is 9.33. The number of esters is 1. The van der Waals surface area contributed by atoms with Crippen LogP contribution in [0.5, 0.6) is 0 Å². The van der Waals surface area contributed by atoms with Crippen molar-refractivity contribution in [2.24, 2.45) is 0 Å². The fraction of sp³-hybridized carbons (Fsp3) is 0.190. The molecule has 0 unspecified atom stereocenters. The zero-order valence-electron chi connectivity index (χ0n) is 17.0. The zero-order chi connectivity index (χ0) is 22.4. The average Bonchev–Trinajstić information content (AvgIpc) is 3.24. The van der Waals surface area contributed by atoms with Crippen LogP contribution in [0, 0.1) is 0 Å². The molecule has 10 heteroatoms. The van der Waals surface area contributed by atoms with E-state index in [9.17, 15) is 14.4 Å². The summed E-state index contributed by atoms with van der Waals surface area (Å²) in [4.78, 5) is 37.7. The van der Waals surface area contributed by atoms with E-state index in [1.807, 2.05) is 0 Å². The number of nitrogens with zero attached hydrogens (tertiary/aromatic N) is 3. The first-order valence-corrected chi connectivity index (χ1v) is 9.33. The van der Waals surface area contributed by atoms with E-state index in [1.54, 1.807) is 61.3 Å². The van der Waals surface area contributed by atoms with Gasteiger partial charge in [-0.2, -0.15) is 0 Å². The molecule has 0 fully saturated rings. The maximum absolute atomic E-state index is 12.3. The number of imide groups is 1. The third-order valence-electron chi connectivity index (χ3n) is 4.32. The third kappa shape index (κ3) is 5.24. The first kappa shape index (κ1) is 21.5. The van der Waals surface area contributed by atoms with E-state index in [4.69, 9.17) is 9.37 Å². The highest BCUT2D eigenvalue weighted by Crippen LogP contribution is 2.29. The Morgan fingerprint density at radius 2 is 1.81 bits per heavy atom. The fourth-order valence-corrected chi connectivity index (χ4v) is 2.70. The van der Waals surface area contributed by atoms with Gasteiger partial charge in [-0.25, -0.2) is 14.2 Å². The van der Waals surface area contributed by atoms with Gasteiger partial charge in [0.05, 0.1) is 17.9 Å². The van der Waals surface area contributed by atoms with E-state index in [-0.39, 0.29) is 6.61 Å². The molecular weight excluding hydrogens is 402 g/mol. The molecule has 3 amide bonds. The van der Waals surface area contributed by atoms with Crippen LogP contribution in [-0.2, 0) is 9.53 Å². The number of carbonyl (C=O) groups excluding carboxylic acids is 3. The van der Waals surface area contributed by atoms with Crippen molar-refractivity contribution in [2.45, 2.75) is 6.92 Å². The van der Waals surface area contributed by atoms with Gasteiger partial charge in [0.2, 0.25) is 0 Å². The molecule has 2 aromatic carbocycles. The fourth-order valence-electron chi connectivity index (χ4n) is 2.70. The zero-order valence-corrected chi connectivity index (χ0v) is 17.0. The molecule has 0 aliphatic carbocycles. The number of anilines is 2. The monoisotopic (exact) mass is 423 g/mol. The molecule has 10 nitrogen and oxygen atoms in total. The van der Waals surface area contributed by atoms with Gasteiger partial charge in [-0.3, -0.25) is 10.1 Å². The number of hydrogen-bond donors (Lipinski definition) is 2. The summed E-state index contributed by atoms with van der Waals surface area (Å²) in [5.41, 5.74) is 2.38. The summed E-state index contributed by atoms with van der Waals surface area (Å²) in [6, 6.07) is 11.0. The quantitative estimate of drug-likeness (QED) is 0.439. The molecule has 0 aliphatic heterocycles. The van der Waals surface area contributed by atoms with E-state index in [0.717, 1.165) is 0 Å². The highest BCUT2D eigenvalue weighted by Gasteiger charge is 2.18. The Morgan fingerprint density at radius 3 is 2.52 bits per heavy atom. The number of carbonyl (C=O) groups is 3. The van der Waals surface area contributed by atoms with Gasteiger partial charge in [-0.05, 0) is 41.5 Å². The van der Waals surface area contributed by atoms with Crippen molar-refractivity contribution in [3.05, 3.63) is 60.2 Å². The van der Waals surface area contributed by atoms with Crippen molar-refractivity contribution in [3.63, 3.8) is 0 Å². The lowest BCUT2D eigenvalue weighted by Crippen LogP contribution is -2.34. The molecule has 3 rings (SSSR count). The molecule has 0 radical (unpaired) electrons. The number of nitrogens with one attached hydrogen (secondary N) is 2. The molecule has 0 spiro atoms. The van der Waals surface area contributed by atoms with Crippen molar-refractivity contribution >= 4 is 40.3 Å². The van der Waals surface area contributed by atoms with Gasteiger partial charge in [0.1, 0.15) is 6.61 Å².